The van der Waals surface area contributed by atoms with Crippen LogP contribution in [-0.4, -0.2) is 41.4 Å². The Kier molecular flexibility index (Phi) is 5.94. The highest BCUT2D eigenvalue weighted by molar-refractivity contribution is 7.99. The van der Waals surface area contributed by atoms with Gasteiger partial charge in [0.05, 0.1) is 0 Å². The van der Waals surface area contributed by atoms with Gasteiger partial charge in [0.15, 0.2) is 0 Å². The van der Waals surface area contributed by atoms with Crippen molar-refractivity contribution in [2.75, 3.05) is 24.6 Å². The molecule has 1 heterocycles. The minimum Gasteiger partial charge on any atom is -0.341 e. The summed E-state index contributed by atoms with van der Waals surface area (Å²) in [5.41, 5.74) is 5.98. The highest BCUT2D eigenvalue weighted by atomic mass is 35.5. The van der Waals surface area contributed by atoms with Gasteiger partial charge in [-0.15, -0.1) is 12.4 Å². The lowest BCUT2D eigenvalue weighted by Crippen LogP contribution is -2.40. The van der Waals surface area contributed by atoms with Crippen LogP contribution < -0.4 is 5.73 Å². The van der Waals surface area contributed by atoms with Crippen molar-refractivity contribution in [3.8, 4) is 0 Å². The molecule has 94 valence electrons. The fourth-order valence-electron chi connectivity index (χ4n) is 2.49. The van der Waals surface area contributed by atoms with E-state index in [0.29, 0.717) is 18.2 Å². The number of rotatable bonds is 2. The summed E-state index contributed by atoms with van der Waals surface area (Å²) >= 11 is 1.94. The smallest absolute Gasteiger partial charge is 0.222 e. The number of hydrogen-bond acceptors (Lipinski definition) is 3. The highest BCUT2D eigenvalue weighted by Crippen LogP contribution is 2.27. The van der Waals surface area contributed by atoms with Crippen LogP contribution in [0.1, 0.15) is 25.7 Å². The summed E-state index contributed by atoms with van der Waals surface area (Å²) in [7, 11) is 0. The third kappa shape index (κ3) is 3.54. The van der Waals surface area contributed by atoms with E-state index in [9.17, 15) is 4.79 Å². The van der Waals surface area contributed by atoms with Crippen molar-refractivity contribution in [1.29, 1.82) is 0 Å². The quantitative estimate of drug-likeness (QED) is 0.822. The third-order valence-electron chi connectivity index (χ3n) is 3.52. The third-order valence-corrected chi connectivity index (χ3v) is 4.46. The zero-order valence-electron chi connectivity index (χ0n) is 9.56. The van der Waals surface area contributed by atoms with Gasteiger partial charge in [-0.1, -0.05) is 6.42 Å². The molecular formula is C11H21ClN2OS. The standard InChI is InChI=1S/C11H20N2OS.ClH/c12-10-3-1-2-9(10)8-11(14)13-4-6-15-7-5-13;/h9-10H,1-8,12H2;1H/t9-,10+;/m0./s1. The molecule has 1 aliphatic heterocycles. The molecule has 0 aromatic carbocycles. The van der Waals surface area contributed by atoms with Crippen molar-refractivity contribution in [3.05, 3.63) is 0 Å². The Morgan fingerprint density at radius 2 is 2.00 bits per heavy atom. The molecule has 2 atom stereocenters. The van der Waals surface area contributed by atoms with Crippen LogP contribution in [0.2, 0.25) is 0 Å². The normalized spacial score (nSPS) is 29.9. The first kappa shape index (κ1) is 14.1. The molecule has 2 fully saturated rings. The van der Waals surface area contributed by atoms with Crippen molar-refractivity contribution in [2.45, 2.75) is 31.7 Å². The SMILES string of the molecule is Cl.N[C@@H]1CCC[C@H]1CC(=O)N1CCSCC1. The van der Waals surface area contributed by atoms with Crippen LogP contribution >= 0.6 is 24.2 Å². The second kappa shape index (κ2) is 6.72. The molecule has 1 saturated carbocycles. The molecule has 3 nitrogen and oxygen atoms in total. The molecular weight excluding hydrogens is 244 g/mol. The van der Waals surface area contributed by atoms with Gasteiger partial charge in [-0.25, -0.2) is 0 Å². The number of amides is 1. The summed E-state index contributed by atoms with van der Waals surface area (Å²) in [5, 5.41) is 0. The van der Waals surface area contributed by atoms with Gasteiger partial charge in [-0.2, -0.15) is 11.8 Å². The molecule has 1 saturated heterocycles. The molecule has 0 bridgehead atoms. The largest absolute Gasteiger partial charge is 0.341 e. The van der Waals surface area contributed by atoms with Crippen molar-refractivity contribution in [1.82, 2.24) is 4.90 Å². The predicted octanol–water partition coefficient (Wildman–Crippen LogP) is 1.50. The minimum atomic E-state index is 0. The molecule has 0 radical (unpaired) electrons. The van der Waals surface area contributed by atoms with Gasteiger partial charge < -0.3 is 10.6 Å². The van der Waals surface area contributed by atoms with E-state index in [4.69, 9.17) is 5.73 Å². The molecule has 5 heteroatoms. The first-order valence-corrected chi connectivity index (χ1v) is 7.04. The van der Waals surface area contributed by atoms with E-state index in [1.807, 2.05) is 16.7 Å². The van der Waals surface area contributed by atoms with Crippen molar-refractivity contribution in [2.24, 2.45) is 11.7 Å². The fourth-order valence-corrected chi connectivity index (χ4v) is 3.39. The summed E-state index contributed by atoms with van der Waals surface area (Å²) in [6.45, 7) is 1.87. The molecule has 2 aliphatic rings. The number of halogens is 1. The average Bonchev–Trinajstić information content (AvgIpc) is 2.66. The summed E-state index contributed by atoms with van der Waals surface area (Å²) in [4.78, 5) is 14.0. The van der Waals surface area contributed by atoms with E-state index in [1.54, 1.807) is 0 Å². The Balaban J connectivity index is 0.00000128. The molecule has 16 heavy (non-hydrogen) atoms. The summed E-state index contributed by atoms with van der Waals surface area (Å²) < 4.78 is 0. The zero-order chi connectivity index (χ0) is 10.7. The van der Waals surface area contributed by atoms with Crippen molar-refractivity contribution >= 4 is 30.1 Å². The van der Waals surface area contributed by atoms with Gasteiger partial charge in [0, 0.05) is 37.1 Å². The predicted molar refractivity (Wildman–Crippen MR) is 71.1 cm³/mol. The maximum atomic E-state index is 12.0. The fraction of sp³-hybridized carbons (Fsp3) is 0.909. The first-order valence-electron chi connectivity index (χ1n) is 5.88. The maximum absolute atomic E-state index is 12.0. The van der Waals surface area contributed by atoms with E-state index in [0.717, 1.165) is 37.4 Å². The van der Waals surface area contributed by atoms with E-state index in [1.165, 1.54) is 6.42 Å². The number of carbonyl (C=O) groups excluding carboxylic acids is 1. The molecule has 1 amide bonds. The lowest BCUT2D eigenvalue weighted by Gasteiger charge is -2.28. The van der Waals surface area contributed by atoms with E-state index < -0.39 is 0 Å². The summed E-state index contributed by atoms with van der Waals surface area (Å²) in [6.07, 6.45) is 4.14. The van der Waals surface area contributed by atoms with Gasteiger partial charge >= 0.3 is 0 Å². The van der Waals surface area contributed by atoms with Gasteiger partial charge in [-0.05, 0) is 18.8 Å². The molecule has 0 spiro atoms. The van der Waals surface area contributed by atoms with Crippen LogP contribution in [0, 0.1) is 5.92 Å². The van der Waals surface area contributed by atoms with Gasteiger partial charge in [-0.3, -0.25) is 4.79 Å². The van der Waals surface area contributed by atoms with Crippen LogP contribution in [0.3, 0.4) is 0 Å². The lowest BCUT2D eigenvalue weighted by molar-refractivity contribution is -0.131. The van der Waals surface area contributed by atoms with E-state index in [2.05, 4.69) is 0 Å². The van der Waals surface area contributed by atoms with Crippen LogP contribution in [0.4, 0.5) is 0 Å². The van der Waals surface area contributed by atoms with Gasteiger partial charge in [0.1, 0.15) is 0 Å². The van der Waals surface area contributed by atoms with Gasteiger partial charge in [0.2, 0.25) is 5.91 Å². The minimum absolute atomic E-state index is 0. The zero-order valence-corrected chi connectivity index (χ0v) is 11.2. The van der Waals surface area contributed by atoms with Crippen molar-refractivity contribution in [3.63, 3.8) is 0 Å². The number of nitrogens with two attached hydrogens (primary N) is 1. The topological polar surface area (TPSA) is 46.3 Å². The van der Waals surface area contributed by atoms with Gasteiger partial charge in [0.25, 0.3) is 0 Å². The molecule has 0 unspecified atom stereocenters. The van der Waals surface area contributed by atoms with Crippen LogP contribution in [0.15, 0.2) is 0 Å². The maximum Gasteiger partial charge on any atom is 0.222 e. The highest BCUT2D eigenvalue weighted by Gasteiger charge is 2.28. The number of hydrogen-bond donors (Lipinski definition) is 1. The average molecular weight is 265 g/mol. The number of nitrogens with zero attached hydrogens (tertiary/aromatic N) is 1. The Morgan fingerprint density at radius 3 is 2.56 bits per heavy atom. The second-order valence-electron chi connectivity index (χ2n) is 4.55. The summed E-state index contributed by atoms with van der Waals surface area (Å²) in [5.74, 6) is 2.98. The second-order valence-corrected chi connectivity index (χ2v) is 5.78. The molecule has 0 aromatic rings. The Labute approximate surface area is 108 Å². The molecule has 2 rings (SSSR count). The number of thioether (sulfide) groups is 1. The molecule has 2 N–H and O–H groups in total. The van der Waals surface area contributed by atoms with E-state index in [-0.39, 0.29) is 18.4 Å². The van der Waals surface area contributed by atoms with Crippen LogP contribution in [0.25, 0.3) is 0 Å². The van der Waals surface area contributed by atoms with Crippen LogP contribution in [0.5, 0.6) is 0 Å². The van der Waals surface area contributed by atoms with Crippen molar-refractivity contribution < 1.29 is 4.79 Å². The van der Waals surface area contributed by atoms with Crippen LogP contribution in [-0.2, 0) is 4.79 Å². The molecule has 1 aliphatic carbocycles. The Hall–Kier alpha value is 0.0700. The number of carbonyl (C=O) groups is 1. The molecule has 0 aromatic heterocycles. The monoisotopic (exact) mass is 264 g/mol. The summed E-state index contributed by atoms with van der Waals surface area (Å²) in [6, 6.07) is 0.271. The Morgan fingerprint density at radius 1 is 1.31 bits per heavy atom. The lowest BCUT2D eigenvalue weighted by atomic mass is 9.99. The first-order chi connectivity index (χ1) is 7.27. The van der Waals surface area contributed by atoms with E-state index >= 15 is 0 Å². The Bertz CT molecular complexity index is 234.